The van der Waals surface area contributed by atoms with Crippen LogP contribution >= 0.6 is 12.4 Å². The van der Waals surface area contributed by atoms with E-state index in [4.69, 9.17) is 5.73 Å². The van der Waals surface area contributed by atoms with Crippen molar-refractivity contribution in [2.45, 2.75) is 25.3 Å². The van der Waals surface area contributed by atoms with E-state index in [-0.39, 0.29) is 42.3 Å². The molecule has 5 N–H and O–H groups in total. The average molecular weight is 330 g/mol. The number of aliphatic hydroxyl groups is 1. The van der Waals surface area contributed by atoms with Gasteiger partial charge >= 0.3 is 0 Å². The fourth-order valence-corrected chi connectivity index (χ4v) is 2.71. The Bertz CT molecular complexity index is 499. The van der Waals surface area contributed by atoms with Gasteiger partial charge in [-0.1, -0.05) is 6.42 Å². The Hall–Kier alpha value is -1.50. The van der Waals surface area contributed by atoms with Crippen molar-refractivity contribution < 1.29 is 15.0 Å². The third kappa shape index (κ3) is 4.76. The summed E-state index contributed by atoms with van der Waals surface area (Å²) in [7, 11) is 0. The number of hydrogen-bond donors (Lipinski definition) is 4. The SMILES string of the molecule is Cl.Nc1ccc(O)cc1C(=O)NCCN1CCCCC1CO. The zero-order valence-corrected chi connectivity index (χ0v) is 13.3. The van der Waals surface area contributed by atoms with E-state index in [1.807, 2.05) is 0 Å². The Labute approximate surface area is 136 Å². The lowest BCUT2D eigenvalue weighted by Crippen LogP contribution is -2.45. The second-order valence-corrected chi connectivity index (χ2v) is 5.40. The molecule has 0 spiro atoms. The molecule has 0 saturated carbocycles. The molecular formula is C15H24ClN3O3. The molecule has 1 aliphatic heterocycles. The number of carbonyl (C=O) groups excluding carboxylic acids is 1. The third-order valence-corrected chi connectivity index (χ3v) is 3.93. The van der Waals surface area contributed by atoms with Crippen LogP contribution in [0.4, 0.5) is 5.69 Å². The zero-order chi connectivity index (χ0) is 15.2. The average Bonchev–Trinajstić information content (AvgIpc) is 2.50. The van der Waals surface area contributed by atoms with Crippen LogP contribution < -0.4 is 11.1 Å². The summed E-state index contributed by atoms with van der Waals surface area (Å²) >= 11 is 0. The van der Waals surface area contributed by atoms with Gasteiger partial charge in [0.2, 0.25) is 0 Å². The highest BCUT2D eigenvalue weighted by molar-refractivity contribution is 5.99. The molecule has 0 aliphatic carbocycles. The number of hydrogen-bond acceptors (Lipinski definition) is 5. The highest BCUT2D eigenvalue weighted by Gasteiger charge is 2.21. The van der Waals surface area contributed by atoms with Crippen molar-refractivity contribution >= 4 is 24.0 Å². The van der Waals surface area contributed by atoms with E-state index in [9.17, 15) is 15.0 Å². The second-order valence-electron chi connectivity index (χ2n) is 5.40. The van der Waals surface area contributed by atoms with Gasteiger partial charge < -0.3 is 21.3 Å². The van der Waals surface area contributed by atoms with Crippen LogP contribution in [0.5, 0.6) is 5.75 Å². The van der Waals surface area contributed by atoms with Crippen molar-refractivity contribution in [3.8, 4) is 5.75 Å². The fourth-order valence-electron chi connectivity index (χ4n) is 2.71. The Balaban J connectivity index is 0.00000242. The summed E-state index contributed by atoms with van der Waals surface area (Å²) in [5.41, 5.74) is 6.36. The number of nitrogens with two attached hydrogens (primary N) is 1. The lowest BCUT2D eigenvalue weighted by Gasteiger charge is -2.34. The van der Waals surface area contributed by atoms with Gasteiger partial charge in [0.1, 0.15) is 5.75 Å². The number of anilines is 1. The minimum absolute atomic E-state index is 0. The van der Waals surface area contributed by atoms with Crippen LogP contribution in [0.25, 0.3) is 0 Å². The van der Waals surface area contributed by atoms with E-state index in [0.717, 1.165) is 25.8 Å². The highest BCUT2D eigenvalue weighted by atomic mass is 35.5. The summed E-state index contributed by atoms with van der Waals surface area (Å²) < 4.78 is 0. The number of aromatic hydroxyl groups is 1. The molecule has 1 atom stereocenters. The Kier molecular flexibility index (Phi) is 7.44. The van der Waals surface area contributed by atoms with Crippen LogP contribution in [-0.4, -0.2) is 53.3 Å². The molecule has 1 fully saturated rings. The predicted molar refractivity (Wildman–Crippen MR) is 88.4 cm³/mol. The molecule has 1 aromatic carbocycles. The van der Waals surface area contributed by atoms with Gasteiger partial charge in [0.05, 0.1) is 12.2 Å². The normalized spacial score (nSPS) is 18.5. The minimum Gasteiger partial charge on any atom is -0.508 e. The third-order valence-electron chi connectivity index (χ3n) is 3.93. The molecule has 1 amide bonds. The van der Waals surface area contributed by atoms with Gasteiger partial charge in [-0.15, -0.1) is 12.4 Å². The van der Waals surface area contributed by atoms with Crippen LogP contribution in [0.2, 0.25) is 0 Å². The van der Waals surface area contributed by atoms with E-state index in [2.05, 4.69) is 10.2 Å². The quantitative estimate of drug-likeness (QED) is 0.476. The van der Waals surface area contributed by atoms with Gasteiger partial charge in [-0.2, -0.15) is 0 Å². The number of nitrogens with one attached hydrogen (secondary N) is 1. The molecule has 0 radical (unpaired) electrons. The number of nitrogens with zero attached hydrogens (tertiary/aromatic N) is 1. The summed E-state index contributed by atoms with van der Waals surface area (Å²) in [4.78, 5) is 14.2. The van der Waals surface area contributed by atoms with Crippen molar-refractivity contribution in [1.29, 1.82) is 0 Å². The Morgan fingerprint density at radius 3 is 2.91 bits per heavy atom. The van der Waals surface area contributed by atoms with Crippen LogP contribution in [-0.2, 0) is 0 Å². The molecule has 6 nitrogen and oxygen atoms in total. The molecule has 0 bridgehead atoms. The number of benzene rings is 1. The van der Waals surface area contributed by atoms with Gasteiger partial charge in [0.15, 0.2) is 0 Å². The molecule has 1 saturated heterocycles. The van der Waals surface area contributed by atoms with Crippen LogP contribution in [0, 0.1) is 0 Å². The van der Waals surface area contributed by atoms with Gasteiger partial charge in [0, 0.05) is 24.8 Å². The maximum atomic E-state index is 12.0. The van der Waals surface area contributed by atoms with Crippen molar-refractivity contribution in [3.63, 3.8) is 0 Å². The Morgan fingerprint density at radius 1 is 1.41 bits per heavy atom. The largest absolute Gasteiger partial charge is 0.508 e. The number of carbonyl (C=O) groups is 1. The summed E-state index contributed by atoms with van der Waals surface area (Å²) in [6, 6.07) is 4.52. The zero-order valence-electron chi connectivity index (χ0n) is 12.5. The molecule has 1 heterocycles. The van der Waals surface area contributed by atoms with Crippen LogP contribution in [0.1, 0.15) is 29.6 Å². The number of amides is 1. The number of aliphatic hydroxyl groups excluding tert-OH is 1. The molecule has 7 heteroatoms. The molecular weight excluding hydrogens is 306 g/mol. The molecule has 124 valence electrons. The van der Waals surface area contributed by atoms with Crippen LogP contribution in [0.3, 0.4) is 0 Å². The molecule has 1 aliphatic rings. The first-order valence-corrected chi connectivity index (χ1v) is 7.33. The maximum Gasteiger partial charge on any atom is 0.253 e. The van der Waals surface area contributed by atoms with Gasteiger partial charge in [-0.25, -0.2) is 0 Å². The number of piperidine rings is 1. The monoisotopic (exact) mass is 329 g/mol. The van der Waals surface area contributed by atoms with E-state index in [1.54, 1.807) is 0 Å². The molecule has 1 unspecified atom stereocenters. The van der Waals surface area contributed by atoms with Gasteiger partial charge in [-0.3, -0.25) is 9.69 Å². The van der Waals surface area contributed by atoms with Crippen molar-refractivity contribution in [1.82, 2.24) is 10.2 Å². The topological polar surface area (TPSA) is 98.8 Å². The van der Waals surface area contributed by atoms with Gasteiger partial charge in [-0.05, 0) is 37.6 Å². The molecule has 0 aromatic heterocycles. The van der Waals surface area contributed by atoms with E-state index in [1.165, 1.54) is 18.2 Å². The first kappa shape index (κ1) is 18.5. The number of rotatable bonds is 5. The molecule has 22 heavy (non-hydrogen) atoms. The van der Waals surface area contributed by atoms with Crippen molar-refractivity contribution in [2.24, 2.45) is 0 Å². The summed E-state index contributed by atoms with van der Waals surface area (Å²) in [5.74, 6) is -0.272. The van der Waals surface area contributed by atoms with E-state index >= 15 is 0 Å². The number of phenolic OH excluding ortho intramolecular Hbond substituents is 1. The van der Waals surface area contributed by atoms with Crippen molar-refractivity contribution in [3.05, 3.63) is 23.8 Å². The molecule has 1 aromatic rings. The summed E-state index contributed by atoms with van der Waals surface area (Å²) in [5, 5.41) is 21.6. The van der Waals surface area contributed by atoms with Crippen LogP contribution in [0.15, 0.2) is 18.2 Å². The summed E-state index contributed by atoms with van der Waals surface area (Å²) in [6.45, 7) is 2.31. The van der Waals surface area contributed by atoms with Gasteiger partial charge in [0.25, 0.3) is 5.91 Å². The number of nitrogen functional groups attached to an aromatic ring is 1. The fraction of sp³-hybridized carbons (Fsp3) is 0.533. The first-order valence-electron chi connectivity index (χ1n) is 7.33. The number of halogens is 1. The summed E-state index contributed by atoms with van der Waals surface area (Å²) in [6.07, 6.45) is 3.28. The highest BCUT2D eigenvalue weighted by Crippen LogP contribution is 2.18. The minimum atomic E-state index is -0.291. The van der Waals surface area contributed by atoms with Crippen molar-refractivity contribution in [2.75, 3.05) is 32.0 Å². The number of likely N-dealkylation sites (tertiary alicyclic amines) is 1. The Morgan fingerprint density at radius 2 is 2.18 bits per heavy atom. The second kappa shape index (κ2) is 8.82. The smallest absolute Gasteiger partial charge is 0.253 e. The van der Waals surface area contributed by atoms with E-state index < -0.39 is 0 Å². The predicted octanol–water partition coefficient (Wildman–Crippen LogP) is 0.973. The standard InChI is InChI=1S/C15H23N3O3.ClH/c16-14-5-4-12(20)9-13(14)15(21)17-6-8-18-7-2-1-3-11(18)10-19;/h4-5,9,11,19-20H,1-3,6-8,10,16H2,(H,17,21);1H. The first-order chi connectivity index (χ1) is 10.1. The molecule has 2 rings (SSSR count). The maximum absolute atomic E-state index is 12.0. The van der Waals surface area contributed by atoms with E-state index in [0.29, 0.717) is 18.8 Å². The lowest BCUT2D eigenvalue weighted by molar-refractivity contribution is 0.0849. The number of phenols is 1. The lowest BCUT2D eigenvalue weighted by atomic mass is 10.0.